The maximum Gasteiger partial charge on any atom is 0.205 e. The van der Waals surface area contributed by atoms with Gasteiger partial charge in [-0.1, -0.05) is 12.1 Å². The topological polar surface area (TPSA) is 43.8 Å². The molecule has 96 valence electrons. The highest BCUT2D eigenvalue weighted by atomic mass is 19.1. The van der Waals surface area contributed by atoms with Crippen molar-refractivity contribution >= 4 is 17.0 Å². The Hall–Kier alpha value is -2.36. The minimum atomic E-state index is -0.307. The summed E-state index contributed by atoms with van der Waals surface area (Å²) in [6.45, 7) is 4.04. The number of hydrogen-bond donors (Lipinski definition) is 1. The summed E-state index contributed by atoms with van der Waals surface area (Å²) in [5.74, 6) is 0.0624. The molecule has 2 aromatic carbocycles. The van der Waals surface area contributed by atoms with Crippen LogP contribution in [0.25, 0.3) is 16.7 Å². The number of anilines is 1. The van der Waals surface area contributed by atoms with Gasteiger partial charge in [0, 0.05) is 6.07 Å². The van der Waals surface area contributed by atoms with Gasteiger partial charge < -0.3 is 5.73 Å². The molecule has 0 saturated heterocycles. The van der Waals surface area contributed by atoms with Gasteiger partial charge in [-0.2, -0.15) is 0 Å². The summed E-state index contributed by atoms with van der Waals surface area (Å²) < 4.78 is 15.1. The summed E-state index contributed by atoms with van der Waals surface area (Å²) in [5, 5.41) is 0. The monoisotopic (exact) mass is 255 g/mol. The molecule has 3 aromatic rings. The highest BCUT2D eigenvalue weighted by Gasteiger charge is 2.12. The van der Waals surface area contributed by atoms with Crippen molar-refractivity contribution in [1.82, 2.24) is 9.55 Å². The third-order valence-corrected chi connectivity index (χ3v) is 3.25. The number of fused-ring (bicyclic) bond motifs is 1. The Morgan fingerprint density at radius 2 is 1.89 bits per heavy atom. The fourth-order valence-corrected chi connectivity index (χ4v) is 2.29. The fraction of sp³-hybridized carbons (Fsp3) is 0.133. The predicted octanol–water partition coefficient (Wildman–Crippen LogP) is 3.36. The van der Waals surface area contributed by atoms with Crippen LogP contribution in [-0.4, -0.2) is 9.55 Å². The van der Waals surface area contributed by atoms with Crippen molar-refractivity contribution in [2.24, 2.45) is 0 Å². The molecule has 3 nitrogen and oxygen atoms in total. The molecule has 4 heteroatoms. The third kappa shape index (κ3) is 1.85. The number of halogens is 1. The van der Waals surface area contributed by atoms with E-state index in [1.165, 1.54) is 12.1 Å². The van der Waals surface area contributed by atoms with E-state index in [0.717, 1.165) is 22.3 Å². The lowest BCUT2D eigenvalue weighted by Gasteiger charge is -2.11. The van der Waals surface area contributed by atoms with E-state index >= 15 is 0 Å². The molecule has 0 atom stereocenters. The molecular weight excluding hydrogens is 241 g/mol. The van der Waals surface area contributed by atoms with Crippen LogP contribution < -0.4 is 5.73 Å². The molecule has 3 rings (SSSR count). The van der Waals surface area contributed by atoms with E-state index in [4.69, 9.17) is 5.73 Å². The van der Waals surface area contributed by atoms with Gasteiger partial charge in [0.15, 0.2) is 0 Å². The van der Waals surface area contributed by atoms with Gasteiger partial charge in [0.05, 0.1) is 16.7 Å². The number of rotatable bonds is 1. The highest BCUT2D eigenvalue weighted by Crippen LogP contribution is 2.26. The first-order valence-corrected chi connectivity index (χ1v) is 6.07. The highest BCUT2D eigenvalue weighted by molar-refractivity contribution is 5.81. The molecule has 1 heterocycles. The zero-order chi connectivity index (χ0) is 13.6. The van der Waals surface area contributed by atoms with Gasteiger partial charge in [-0.3, -0.25) is 4.57 Å². The molecule has 0 bridgehead atoms. The van der Waals surface area contributed by atoms with E-state index in [9.17, 15) is 4.39 Å². The predicted molar refractivity (Wildman–Crippen MR) is 74.9 cm³/mol. The lowest BCUT2D eigenvalue weighted by molar-refractivity contribution is 0.629. The van der Waals surface area contributed by atoms with E-state index in [1.807, 2.05) is 30.5 Å². The van der Waals surface area contributed by atoms with Crippen molar-refractivity contribution in [1.29, 1.82) is 0 Å². The van der Waals surface area contributed by atoms with E-state index in [1.54, 1.807) is 6.07 Å². The first-order chi connectivity index (χ1) is 9.06. The van der Waals surface area contributed by atoms with Gasteiger partial charge >= 0.3 is 0 Å². The first kappa shape index (κ1) is 11.7. The Balaban J connectivity index is 2.36. The van der Waals surface area contributed by atoms with Gasteiger partial charge in [0.2, 0.25) is 5.95 Å². The summed E-state index contributed by atoms with van der Waals surface area (Å²) in [6, 6.07) is 10.7. The maximum absolute atomic E-state index is 13.2. The average molecular weight is 255 g/mol. The van der Waals surface area contributed by atoms with Gasteiger partial charge in [-0.15, -0.1) is 0 Å². The summed E-state index contributed by atoms with van der Waals surface area (Å²) in [7, 11) is 0. The van der Waals surface area contributed by atoms with E-state index < -0.39 is 0 Å². The Labute approximate surface area is 110 Å². The van der Waals surface area contributed by atoms with Crippen molar-refractivity contribution in [2.45, 2.75) is 13.8 Å². The Kier molecular flexibility index (Phi) is 2.52. The molecule has 1 aromatic heterocycles. The van der Waals surface area contributed by atoms with Gasteiger partial charge in [-0.25, -0.2) is 9.37 Å². The third-order valence-electron chi connectivity index (χ3n) is 3.25. The maximum atomic E-state index is 13.2. The summed E-state index contributed by atoms with van der Waals surface area (Å²) in [6.07, 6.45) is 0. The lowest BCUT2D eigenvalue weighted by Crippen LogP contribution is -2.02. The van der Waals surface area contributed by atoms with E-state index in [2.05, 4.69) is 11.1 Å². The number of nitrogens with zero attached hydrogens (tertiary/aromatic N) is 2. The molecule has 0 spiro atoms. The van der Waals surface area contributed by atoms with Crippen LogP contribution in [0.2, 0.25) is 0 Å². The molecule has 0 aliphatic carbocycles. The number of imidazole rings is 1. The minimum absolute atomic E-state index is 0.307. The smallest absolute Gasteiger partial charge is 0.205 e. The first-order valence-electron chi connectivity index (χ1n) is 6.07. The van der Waals surface area contributed by atoms with Gasteiger partial charge in [0.25, 0.3) is 0 Å². The standard InChI is InChI=1S/C15H14FN3/c1-9-3-4-10(2)14(7-9)19-13-6-5-11(16)8-12(13)18-15(19)17/h3-8H,1-2H3,(H2,17,18). The van der Waals surface area contributed by atoms with Gasteiger partial charge in [0.1, 0.15) is 5.82 Å². The Morgan fingerprint density at radius 1 is 1.11 bits per heavy atom. The number of nitrogens with two attached hydrogens (primary N) is 1. The second kappa shape index (κ2) is 4.09. The largest absolute Gasteiger partial charge is 0.369 e. The minimum Gasteiger partial charge on any atom is -0.369 e. The van der Waals surface area contributed by atoms with E-state index in [0.29, 0.717) is 11.5 Å². The molecule has 0 fully saturated rings. The summed E-state index contributed by atoms with van der Waals surface area (Å²) in [5.41, 5.74) is 10.6. The van der Waals surface area contributed by atoms with Crippen LogP contribution in [0.5, 0.6) is 0 Å². The van der Waals surface area contributed by atoms with Crippen LogP contribution in [0, 0.1) is 19.7 Å². The van der Waals surface area contributed by atoms with Crippen molar-refractivity contribution in [3.63, 3.8) is 0 Å². The van der Waals surface area contributed by atoms with E-state index in [-0.39, 0.29) is 5.82 Å². The summed E-state index contributed by atoms with van der Waals surface area (Å²) in [4.78, 5) is 4.22. The van der Waals surface area contributed by atoms with Crippen LogP contribution in [-0.2, 0) is 0 Å². The SMILES string of the molecule is Cc1ccc(C)c(-n2c(N)nc3cc(F)ccc32)c1. The van der Waals surface area contributed by atoms with Crippen LogP contribution in [0.15, 0.2) is 36.4 Å². The number of aromatic nitrogens is 2. The number of nitrogen functional groups attached to an aromatic ring is 1. The second-order valence-corrected chi connectivity index (χ2v) is 4.73. The quantitative estimate of drug-likeness (QED) is 0.724. The normalized spacial score (nSPS) is 11.1. The summed E-state index contributed by atoms with van der Waals surface area (Å²) >= 11 is 0. The van der Waals surface area contributed by atoms with Crippen LogP contribution >= 0.6 is 0 Å². The second-order valence-electron chi connectivity index (χ2n) is 4.73. The molecule has 0 radical (unpaired) electrons. The fourth-order valence-electron chi connectivity index (χ4n) is 2.29. The van der Waals surface area contributed by atoms with Crippen LogP contribution in [0.3, 0.4) is 0 Å². The average Bonchev–Trinajstić information content (AvgIpc) is 2.67. The van der Waals surface area contributed by atoms with Crippen molar-refractivity contribution in [2.75, 3.05) is 5.73 Å². The molecule has 0 unspecified atom stereocenters. The van der Waals surface area contributed by atoms with Crippen molar-refractivity contribution < 1.29 is 4.39 Å². The van der Waals surface area contributed by atoms with Gasteiger partial charge in [-0.05, 0) is 43.2 Å². The molecular formula is C15H14FN3. The molecule has 0 saturated carbocycles. The van der Waals surface area contributed by atoms with Crippen LogP contribution in [0.1, 0.15) is 11.1 Å². The molecule has 19 heavy (non-hydrogen) atoms. The molecule has 0 aliphatic heterocycles. The zero-order valence-electron chi connectivity index (χ0n) is 10.8. The van der Waals surface area contributed by atoms with Crippen LogP contribution in [0.4, 0.5) is 10.3 Å². The Morgan fingerprint density at radius 3 is 2.68 bits per heavy atom. The molecule has 0 amide bonds. The molecule has 2 N–H and O–H groups in total. The lowest BCUT2D eigenvalue weighted by atomic mass is 10.1. The number of benzene rings is 2. The number of hydrogen-bond acceptors (Lipinski definition) is 2. The molecule has 0 aliphatic rings. The van der Waals surface area contributed by atoms with Crippen molar-refractivity contribution in [3.05, 3.63) is 53.3 Å². The van der Waals surface area contributed by atoms with Crippen molar-refractivity contribution in [3.8, 4) is 5.69 Å². The Bertz CT molecular complexity index is 774. The zero-order valence-corrected chi connectivity index (χ0v) is 10.8. The number of aryl methyl sites for hydroxylation is 2.